The maximum Gasteiger partial charge on any atom is 0.306 e. The van der Waals surface area contributed by atoms with Crippen LogP contribution >= 0.6 is 0 Å². The number of rotatable bonds is 7. The third-order valence-corrected chi connectivity index (χ3v) is 3.03. The standard InChI is InChI=1S/C16H24O5/c1-11(9-15(19)21-16(2,3)4)5-6-14-12(7-8-20-14)13(18)10-17/h7-8,10-11,13,18H,5-6,9H2,1-4H3. The summed E-state index contributed by atoms with van der Waals surface area (Å²) in [4.78, 5) is 22.3. The molecule has 0 saturated heterocycles. The molecule has 2 atom stereocenters. The molecule has 0 radical (unpaired) electrons. The molecule has 1 N–H and O–H groups in total. The van der Waals surface area contributed by atoms with Crippen LogP contribution in [0.1, 0.15) is 58.0 Å². The van der Waals surface area contributed by atoms with Crippen molar-refractivity contribution in [3.05, 3.63) is 23.7 Å². The van der Waals surface area contributed by atoms with Gasteiger partial charge in [0.25, 0.3) is 0 Å². The molecular formula is C16H24O5. The van der Waals surface area contributed by atoms with Gasteiger partial charge in [-0.05, 0) is 39.2 Å². The van der Waals surface area contributed by atoms with E-state index in [1.54, 1.807) is 6.07 Å². The van der Waals surface area contributed by atoms with Crippen LogP contribution < -0.4 is 0 Å². The monoisotopic (exact) mass is 296 g/mol. The van der Waals surface area contributed by atoms with Gasteiger partial charge in [-0.3, -0.25) is 4.79 Å². The zero-order chi connectivity index (χ0) is 16.0. The second-order valence-corrected chi connectivity index (χ2v) is 6.31. The van der Waals surface area contributed by atoms with Gasteiger partial charge in [0.2, 0.25) is 0 Å². The van der Waals surface area contributed by atoms with Crippen molar-refractivity contribution < 1.29 is 23.8 Å². The van der Waals surface area contributed by atoms with Crippen LogP contribution in [0.15, 0.2) is 16.7 Å². The van der Waals surface area contributed by atoms with Crippen LogP contribution in [0, 0.1) is 5.92 Å². The van der Waals surface area contributed by atoms with E-state index in [0.717, 1.165) is 0 Å². The summed E-state index contributed by atoms with van der Waals surface area (Å²) in [6, 6.07) is 1.59. The number of aldehydes is 1. The van der Waals surface area contributed by atoms with Gasteiger partial charge >= 0.3 is 5.97 Å². The smallest absolute Gasteiger partial charge is 0.306 e. The number of aliphatic hydroxyl groups is 1. The Morgan fingerprint density at radius 3 is 2.71 bits per heavy atom. The lowest BCUT2D eigenvalue weighted by Gasteiger charge is -2.20. The summed E-state index contributed by atoms with van der Waals surface area (Å²) in [5, 5.41) is 9.54. The molecule has 0 bridgehead atoms. The molecule has 0 aliphatic carbocycles. The van der Waals surface area contributed by atoms with Crippen molar-refractivity contribution in [1.29, 1.82) is 0 Å². The van der Waals surface area contributed by atoms with E-state index in [4.69, 9.17) is 9.15 Å². The van der Waals surface area contributed by atoms with E-state index in [9.17, 15) is 14.7 Å². The highest BCUT2D eigenvalue weighted by molar-refractivity contribution is 5.70. The lowest BCUT2D eigenvalue weighted by Crippen LogP contribution is -2.25. The second-order valence-electron chi connectivity index (χ2n) is 6.31. The Balaban J connectivity index is 2.47. The Kier molecular flexibility index (Phi) is 6.15. The van der Waals surface area contributed by atoms with E-state index < -0.39 is 11.7 Å². The van der Waals surface area contributed by atoms with E-state index in [-0.39, 0.29) is 11.9 Å². The largest absolute Gasteiger partial charge is 0.469 e. The van der Waals surface area contributed by atoms with Gasteiger partial charge in [-0.2, -0.15) is 0 Å². The van der Waals surface area contributed by atoms with Crippen molar-refractivity contribution in [1.82, 2.24) is 0 Å². The maximum absolute atomic E-state index is 11.7. The zero-order valence-electron chi connectivity index (χ0n) is 13.1. The first kappa shape index (κ1) is 17.4. The molecule has 21 heavy (non-hydrogen) atoms. The third kappa shape index (κ3) is 6.12. The highest BCUT2D eigenvalue weighted by atomic mass is 16.6. The summed E-state index contributed by atoms with van der Waals surface area (Å²) in [6.07, 6.45) is 2.39. The van der Waals surface area contributed by atoms with Gasteiger partial charge in [0.05, 0.1) is 6.26 Å². The van der Waals surface area contributed by atoms with Crippen molar-refractivity contribution >= 4 is 12.3 Å². The Hall–Kier alpha value is -1.62. The minimum Gasteiger partial charge on any atom is -0.469 e. The maximum atomic E-state index is 11.7. The molecule has 0 fully saturated rings. The first-order chi connectivity index (χ1) is 9.73. The van der Waals surface area contributed by atoms with Crippen LogP contribution in [0.2, 0.25) is 0 Å². The highest BCUT2D eigenvalue weighted by Gasteiger charge is 2.20. The Bertz CT molecular complexity index is 469. The van der Waals surface area contributed by atoms with Gasteiger partial charge < -0.3 is 19.1 Å². The van der Waals surface area contributed by atoms with Gasteiger partial charge in [-0.1, -0.05) is 6.92 Å². The van der Waals surface area contributed by atoms with Crippen molar-refractivity contribution in [2.45, 2.75) is 58.7 Å². The van der Waals surface area contributed by atoms with Gasteiger partial charge in [0, 0.05) is 18.4 Å². The molecule has 2 unspecified atom stereocenters. The van der Waals surface area contributed by atoms with Crippen molar-refractivity contribution in [3.63, 3.8) is 0 Å². The molecule has 0 aliphatic heterocycles. The van der Waals surface area contributed by atoms with Crippen molar-refractivity contribution in [3.8, 4) is 0 Å². The number of furan rings is 1. The lowest BCUT2D eigenvalue weighted by molar-refractivity contribution is -0.155. The predicted molar refractivity (Wildman–Crippen MR) is 77.7 cm³/mol. The van der Waals surface area contributed by atoms with E-state index in [1.807, 2.05) is 27.7 Å². The second kappa shape index (κ2) is 7.41. The summed E-state index contributed by atoms with van der Waals surface area (Å²) in [6.45, 7) is 7.48. The molecule has 0 saturated carbocycles. The SMILES string of the molecule is CC(CCc1occc1C(O)C=O)CC(=O)OC(C)(C)C. The number of ether oxygens (including phenoxy) is 1. The highest BCUT2D eigenvalue weighted by Crippen LogP contribution is 2.22. The number of aliphatic hydroxyl groups excluding tert-OH is 1. The van der Waals surface area contributed by atoms with E-state index in [0.29, 0.717) is 36.9 Å². The molecule has 5 heteroatoms. The molecule has 0 amide bonds. The number of carbonyl (C=O) groups is 2. The quantitative estimate of drug-likeness (QED) is 0.618. The number of carbonyl (C=O) groups excluding carboxylic acids is 2. The average molecular weight is 296 g/mol. The molecule has 1 rings (SSSR count). The topological polar surface area (TPSA) is 76.7 Å². The summed E-state index contributed by atoms with van der Waals surface area (Å²) >= 11 is 0. The predicted octanol–water partition coefficient (Wildman–Crippen LogP) is 2.81. The fourth-order valence-corrected chi connectivity index (χ4v) is 2.04. The van der Waals surface area contributed by atoms with E-state index >= 15 is 0 Å². The molecule has 1 aromatic heterocycles. The summed E-state index contributed by atoms with van der Waals surface area (Å²) in [5.41, 5.74) is 0.0217. The van der Waals surface area contributed by atoms with Gasteiger partial charge in [0.1, 0.15) is 17.5 Å². The minimum absolute atomic E-state index is 0.131. The molecular weight excluding hydrogens is 272 g/mol. The number of hydrogen-bond donors (Lipinski definition) is 1. The van der Waals surface area contributed by atoms with Crippen LogP contribution in [0.25, 0.3) is 0 Å². The van der Waals surface area contributed by atoms with Crippen LogP contribution in [0.4, 0.5) is 0 Å². The molecule has 0 aromatic carbocycles. The van der Waals surface area contributed by atoms with E-state index in [1.165, 1.54) is 6.26 Å². The molecule has 0 aliphatic rings. The Labute approximate surface area is 125 Å². The van der Waals surface area contributed by atoms with Crippen molar-refractivity contribution in [2.24, 2.45) is 5.92 Å². The normalized spacial score (nSPS) is 14.5. The van der Waals surface area contributed by atoms with Gasteiger partial charge in [0.15, 0.2) is 6.29 Å². The first-order valence-corrected chi connectivity index (χ1v) is 7.14. The fraction of sp³-hybridized carbons (Fsp3) is 0.625. The minimum atomic E-state index is -1.15. The average Bonchev–Trinajstić information content (AvgIpc) is 2.81. The summed E-state index contributed by atoms with van der Waals surface area (Å²) < 4.78 is 10.6. The van der Waals surface area contributed by atoms with Crippen LogP contribution in [0.5, 0.6) is 0 Å². The molecule has 1 aromatic rings. The van der Waals surface area contributed by atoms with Gasteiger partial charge in [-0.15, -0.1) is 0 Å². The fourth-order valence-electron chi connectivity index (χ4n) is 2.04. The lowest BCUT2D eigenvalue weighted by atomic mass is 9.98. The van der Waals surface area contributed by atoms with Crippen LogP contribution in [-0.2, 0) is 20.7 Å². The Morgan fingerprint density at radius 1 is 1.48 bits per heavy atom. The van der Waals surface area contributed by atoms with E-state index in [2.05, 4.69) is 0 Å². The van der Waals surface area contributed by atoms with Crippen LogP contribution in [-0.4, -0.2) is 23.0 Å². The zero-order valence-corrected chi connectivity index (χ0v) is 13.1. The number of esters is 1. The van der Waals surface area contributed by atoms with Gasteiger partial charge in [-0.25, -0.2) is 0 Å². The summed E-state index contributed by atoms with van der Waals surface area (Å²) in [7, 11) is 0. The van der Waals surface area contributed by atoms with Crippen molar-refractivity contribution in [2.75, 3.05) is 0 Å². The van der Waals surface area contributed by atoms with Crippen LogP contribution in [0.3, 0.4) is 0 Å². The first-order valence-electron chi connectivity index (χ1n) is 7.14. The summed E-state index contributed by atoms with van der Waals surface area (Å²) in [5.74, 6) is 0.499. The Morgan fingerprint density at radius 2 is 2.14 bits per heavy atom. The third-order valence-electron chi connectivity index (χ3n) is 3.03. The number of aryl methyl sites for hydroxylation is 1. The molecule has 0 spiro atoms. The molecule has 5 nitrogen and oxygen atoms in total. The number of hydrogen-bond acceptors (Lipinski definition) is 5. The molecule has 1 heterocycles. The molecule has 118 valence electrons.